The van der Waals surface area contributed by atoms with Gasteiger partial charge in [0.1, 0.15) is 5.76 Å². The van der Waals surface area contributed by atoms with Gasteiger partial charge in [0.05, 0.1) is 12.6 Å². The lowest BCUT2D eigenvalue weighted by molar-refractivity contribution is 0.0696. The predicted molar refractivity (Wildman–Crippen MR) is 98.1 cm³/mol. The van der Waals surface area contributed by atoms with Gasteiger partial charge >= 0.3 is 0 Å². The summed E-state index contributed by atoms with van der Waals surface area (Å²) >= 11 is 0. The van der Waals surface area contributed by atoms with Crippen LogP contribution in [0.15, 0.2) is 70.0 Å². The molecule has 3 aromatic rings. The van der Waals surface area contributed by atoms with Gasteiger partial charge in [-0.1, -0.05) is 30.3 Å². The van der Waals surface area contributed by atoms with Crippen LogP contribution in [0.25, 0.3) is 0 Å². The second kappa shape index (κ2) is 6.67. The predicted octanol–water partition coefficient (Wildman–Crippen LogP) is 3.25. The lowest BCUT2D eigenvalue weighted by atomic mass is 10.1. The highest BCUT2D eigenvalue weighted by Gasteiger charge is 2.30. The summed E-state index contributed by atoms with van der Waals surface area (Å²) in [4.78, 5) is 26.4. The van der Waals surface area contributed by atoms with Crippen LogP contribution in [-0.4, -0.2) is 22.4 Å². The molecule has 4 rings (SSSR count). The average molecular weight is 348 g/mol. The van der Waals surface area contributed by atoms with E-state index in [1.807, 2.05) is 19.2 Å². The van der Waals surface area contributed by atoms with Crippen LogP contribution in [0.5, 0.6) is 0 Å². The number of carbonyl (C=O) groups excluding carboxylic acids is 1. The van der Waals surface area contributed by atoms with Crippen LogP contribution in [0.2, 0.25) is 0 Å². The first-order valence-corrected chi connectivity index (χ1v) is 8.72. The van der Waals surface area contributed by atoms with Crippen molar-refractivity contribution in [2.24, 2.45) is 0 Å². The number of fused-ring (bicyclic) bond motifs is 1. The summed E-state index contributed by atoms with van der Waals surface area (Å²) in [6, 6.07) is 16.8. The number of furan rings is 1. The van der Waals surface area contributed by atoms with Gasteiger partial charge in [-0.2, -0.15) is 0 Å². The van der Waals surface area contributed by atoms with Gasteiger partial charge in [-0.25, -0.2) is 0 Å². The van der Waals surface area contributed by atoms with Crippen LogP contribution in [-0.2, 0) is 13.0 Å². The second-order valence-electron chi connectivity index (χ2n) is 6.60. The highest BCUT2D eigenvalue weighted by Crippen LogP contribution is 2.35. The van der Waals surface area contributed by atoms with E-state index in [9.17, 15) is 9.59 Å². The average Bonchev–Trinajstić information content (AvgIpc) is 3.29. The zero-order valence-electron chi connectivity index (χ0n) is 14.6. The van der Waals surface area contributed by atoms with Crippen molar-refractivity contribution in [3.63, 3.8) is 0 Å². The Morgan fingerprint density at radius 1 is 1.15 bits per heavy atom. The molecule has 5 heteroatoms. The van der Waals surface area contributed by atoms with Crippen molar-refractivity contribution in [2.45, 2.75) is 25.4 Å². The minimum atomic E-state index is -0.140. The number of pyridine rings is 1. The largest absolute Gasteiger partial charge is 0.454 e. The number of hydrogen-bond acceptors (Lipinski definition) is 3. The minimum absolute atomic E-state index is 0.0731. The number of rotatable bonds is 4. The van der Waals surface area contributed by atoms with E-state index in [0.717, 1.165) is 12.8 Å². The van der Waals surface area contributed by atoms with Crippen molar-refractivity contribution < 1.29 is 9.21 Å². The second-order valence-corrected chi connectivity index (χ2v) is 6.60. The third-order valence-corrected chi connectivity index (χ3v) is 4.99. The molecule has 0 aliphatic heterocycles. The van der Waals surface area contributed by atoms with Crippen LogP contribution < -0.4 is 5.56 Å². The fraction of sp³-hybridized carbons (Fsp3) is 0.238. The topological polar surface area (TPSA) is 55.5 Å². The maximum absolute atomic E-state index is 12.8. The first-order chi connectivity index (χ1) is 12.6. The molecule has 1 amide bonds. The Bertz CT molecular complexity index is 1000. The van der Waals surface area contributed by atoms with E-state index in [4.69, 9.17) is 4.42 Å². The maximum atomic E-state index is 12.8. The van der Waals surface area contributed by atoms with Crippen LogP contribution in [0.4, 0.5) is 0 Å². The third kappa shape index (κ3) is 2.96. The molecule has 26 heavy (non-hydrogen) atoms. The minimum Gasteiger partial charge on any atom is -0.454 e. The molecule has 1 unspecified atom stereocenters. The molecule has 1 atom stereocenters. The quantitative estimate of drug-likeness (QED) is 0.727. The SMILES string of the molecule is CN(C(=O)c1ccc(Cn2ccccc2=O)o1)C1CCc2ccccc21. The lowest BCUT2D eigenvalue weighted by Crippen LogP contribution is -2.29. The monoisotopic (exact) mass is 348 g/mol. The molecule has 0 spiro atoms. The van der Waals surface area contributed by atoms with E-state index >= 15 is 0 Å². The van der Waals surface area contributed by atoms with Gasteiger partial charge in [0.25, 0.3) is 11.5 Å². The molecule has 0 radical (unpaired) electrons. The Kier molecular flexibility index (Phi) is 4.21. The van der Waals surface area contributed by atoms with Crippen molar-refractivity contribution in [1.82, 2.24) is 9.47 Å². The van der Waals surface area contributed by atoms with Crippen LogP contribution >= 0.6 is 0 Å². The van der Waals surface area contributed by atoms with Crippen molar-refractivity contribution >= 4 is 5.91 Å². The van der Waals surface area contributed by atoms with Gasteiger partial charge in [0.2, 0.25) is 0 Å². The van der Waals surface area contributed by atoms with Gasteiger partial charge in [-0.15, -0.1) is 0 Å². The molecule has 0 fully saturated rings. The zero-order valence-corrected chi connectivity index (χ0v) is 14.6. The van der Waals surface area contributed by atoms with Crippen molar-refractivity contribution in [3.05, 3.63) is 93.8 Å². The molecule has 2 aromatic heterocycles. The lowest BCUT2D eigenvalue weighted by Gasteiger charge is -2.24. The molecule has 1 aliphatic carbocycles. The van der Waals surface area contributed by atoms with Crippen molar-refractivity contribution in [3.8, 4) is 0 Å². The van der Waals surface area contributed by atoms with Gasteiger partial charge in [-0.05, 0) is 42.2 Å². The van der Waals surface area contributed by atoms with Gasteiger partial charge in [0.15, 0.2) is 5.76 Å². The normalized spacial score (nSPS) is 15.7. The number of benzene rings is 1. The molecule has 1 aromatic carbocycles. The highest BCUT2D eigenvalue weighted by atomic mass is 16.4. The van der Waals surface area contributed by atoms with Crippen molar-refractivity contribution in [1.29, 1.82) is 0 Å². The molecule has 2 heterocycles. The summed E-state index contributed by atoms with van der Waals surface area (Å²) in [6.07, 6.45) is 3.61. The third-order valence-electron chi connectivity index (χ3n) is 4.99. The fourth-order valence-corrected chi connectivity index (χ4v) is 3.59. The first kappa shape index (κ1) is 16.4. The highest BCUT2D eigenvalue weighted by molar-refractivity contribution is 5.91. The summed E-state index contributed by atoms with van der Waals surface area (Å²) < 4.78 is 7.27. The summed E-state index contributed by atoms with van der Waals surface area (Å²) in [5.74, 6) is 0.746. The first-order valence-electron chi connectivity index (χ1n) is 8.72. The summed E-state index contributed by atoms with van der Waals surface area (Å²) in [5, 5.41) is 0. The van der Waals surface area contributed by atoms with E-state index < -0.39 is 0 Å². The van der Waals surface area contributed by atoms with E-state index in [-0.39, 0.29) is 17.5 Å². The van der Waals surface area contributed by atoms with Gasteiger partial charge in [-0.3, -0.25) is 9.59 Å². The number of hydrogen-bond donors (Lipinski definition) is 0. The van der Waals surface area contributed by atoms with E-state index in [2.05, 4.69) is 12.1 Å². The van der Waals surface area contributed by atoms with E-state index in [1.165, 1.54) is 17.2 Å². The van der Waals surface area contributed by atoms with Crippen LogP contribution in [0, 0.1) is 0 Å². The molecule has 1 aliphatic rings. The Hall–Kier alpha value is -3.08. The van der Waals surface area contributed by atoms with E-state index in [1.54, 1.807) is 39.9 Å². The Morgan fingerprint density at radius 3 is 2.81 bits per heavy atom. The summed E-state index contributed by atoms with van der Waals surface area (Å²) in [7, 11) is 1.82. The van der Waals surface area contributed by atoms with Crippen molar-refractivity contribution in [2.75, 3.05) is 7.05 Å². The maximum Gasteiger partial charge on any atom is 0.289 e. The molecule has 132 valence electrons. The fourth-order valence-electron chi connectivity index (χ4n) is 3.59. The summed E-state index contributed by atoms with van der Waals surface area (Å²) in [6.45, 7) is 0.308. The Balaban J connectivity index is 1.52. The molecule has 5 nitrogen and oxygen atoms in total. The summed E-state index contributed by atoms with van der Waals surface area (Å²) in [5.41, 5.74) is 2.42. The number of amides is 1. The van der Waals surface area contributed by atoms with E-state index in [0.29, 0.717) is 18.1 Å². The molecule has 0 saturated heterocycles. The Labute approximate surface area is 151 Å². The molecular formula is C21H20N2O3. The van der Waals surface area contributed by atoms with Crippen LogP contribution in [0.3, 0.4) is 0 Å². The smallest absolute Gasteiger partial charge is 0.289 e. The number of carbonyl (C=O) groups is 1. The molecule has 0 bridgehead atoms. The van der Waals surface area contributed by atoms with Gasteiger partial charge in [0, 0.05) is 19.3 Å². The van der Waals surface area contributed by atoms with Crippen LogP contribution in [0.1, 0.15) is 39.9 Å². The number of aryl methyl sites for hydroxylation is 1. The molecule has 0 saturated carbocycles. The number of aromatic nitrogens is 1. The Morgan fingerprint density at radius 2 is 1.96 bits per heavy atom. The molecular weight excluding hydrogens is 328 g/mol. The molecule has 0 N–H and O–H groups in total. The number of nitrogens with zero attached hydrogens (tertiary/aromatic N) is 2. The standard InChI is InChI=1S/C21H20N2O3/c1-22(18-11-9-15-6-2-3-7-17(15)18)21(25)19-12-10-16(26-19)14-23-13-5-4-8-20(23)24/h2-8,10,12-13,18H,9,11,14H2,1H3. The van der Waals surface area contributed by atoms with Gasteiger partial charge < -0.3 is 13.9 Å². The zero-order chi connectivity index (χ0) is 18.1.